The van der Waals surface area contributed by atoms with E-state index in [9.17, 15) is 14.7 Å². The third-order valence-electron chi connectivity index (χ3n) is 2.91. The molecule has 0 bridgehead atoms. The van der Waals surface area contributed by atoms with Crippen molar-refractivity contribution >= 4 is 12.1 Å². The summed E-state index contributed by atoms with van der Waals surface area (Å²) in [6.45, 7) is 5.14. The van der Waals surface area contributed by atoms with Gasteiger partial charge in [0.1, 0.15) is 11.4 Å². The highest BCUT2D eigenvalue weighted by atomic mass is 16.6. The van der Waals surface area contributed by atoms with E-state index in [4.69, 9.17) is 9.47 Å². The van der Waals surface area contributed by atoms with Gasteiger partial charge in [0.15, 0.2) is 6.10 Å². The predicted molar refractivity (Wildman–Crippen MR) is 83.1 cm³/mol. The minimum Gasteiger partial charge on any atom is -0.497 e. The third kappa shape index (κ3) is 5.78. The summed E-state index contributed by atoms with van der Waals surface area (Å²) in [5.74, 6) is -0.251. The quantitative estimate of drug-likeness (QED) is 0.802. The van der Waals surface area contributed by atoms with Gasteiger partial charge < -0.3 is 24.6 Å². The molecule has 0 aromatic heterocycles. The van der Waals surface area contributed by atoms with E-state index in [-0.39, 0.29) is 0 Å². The number of hydrogen-bond donors (Lipinski definition) is 2. The number of aliphatic hydroxyl groups is 1. The summed E-state index contributed by atoms with van der Waals surface area (Å²) in [5.41, 5.74) is -0.195. The Bertz CT molecular complexity index is 534. The van der Waals surface area contributed by atoms with Crippen molar-refractivity contribution in [2.24, 2.45) is 0 Å². The van der Waals surface area contributed by atoms with Crippen LogP contribution in [0, 0.1) is 0 Å². The van der Waals surface area contributed by atoms with Crippen molar-refractivity contribution in [1.29, 1.82) is 0 Å². The van der Waals surface area contributed by atoms with Gasteiger partial charge in [-0.25, -0.2) is 9.59 Å². The van der Waals surface area contributed by atoms with Crippen LogP contribution in [0.15, 0.2) is 24.3 Å². The molecule has 23 heavy (non-hydrogen) atoms. The second-order valence-electron chi connectivity index (χ2n) is 5.87. The molecule has 0 aliphatic rings. The van der Waals surface area contributed by atoms with E-state index in [1.54, 1.807) is 45.0 Å². The number of benzene rings is 1. The van der Waals surface area contributed by atoms with E-state index in [0.29, 0.717) is 11.3 Å². The van der Waals surface area contributed by atoms with Gasteiger partial charge in [0.2, 0.25) is 0 Å². The molecular weight excluding hydrogens is 302 g/mol. The molecule has 0 aliphatic heterocycles. The van der Waals surface area contributed by atoms with Crippen LogP contribution in [0.5, 0.6) is 5.75 Å². The van der Waals surface area contributed by atoms with E-state index >= 15 is 0 Å². The molecule has 1 amide bonds. The van der Waals surface area contributed by atoms with E-state index in [2.05, 4.69) is 10.1 Å². The summed E-state index contributed by atoms with van der Waals surface area (Å²) in [5, 5.41) is 12.6. The summed E-state index contributed by atoms with van der Waals surface area (Å²) in [4.78, 5) is 23.6. The van der Waals surface area contributed by atoms with E-state index in [1.807, 2.05) is 0 Å². The Morgan fingerprint density at radius 1 is 1.13 bits per heavy atom. The van der Waals surface area contributed by atoms with Gasteiger partial charge in [-0.05, 0) is 38.5 Å². The molecule has 1 aromatic rings. The molecule has 1 aromatic carbocycles. The maximum atomic E-state index is 12.0. The largest absolute Gasteiger partial charge is 0.497 e. The van der Waals surface area contributed by atoms with Gasteiger partial charge in [-0.2, -0.15) is 0 Å². The first-order chi connectivity index (χ1) is 10.7. The highest BCUT2D eigenvalue weighted by molar-refractivity contribution is 5.77. The first-order valence-electron chi connectivity index (χ1n) is 7.07. The van der Waals surface area contributed by atoms with Crippen LogP contribution in [0.1, 0.15) is 32.4 Å². The molecule has 0 radical (unpaired) electrons. The fraction of sp³-hybridized carbons (Fsp3) is 0.500. The van der Waals surface area contributed by atoms with Gasteiger partial charge in [0.25, 0.3) is 0 Å². The number of esters is 1. The zero-order valence-corrected chi connectivity index (χ0v) is 14.0. The van der Waals surface area contributed by atoms with Crippen molar-refractivity contribution in [3.05, 3.63) is 29.8 Å². The van der Waals surface area contributed by atoms with Crippen LogP contribution in [0.2, 0.25) is 0 Å². The Labute approximate surface area is 135 Å². The van der Waals surface area contributed by atoms with Crippen molar-refractivity contribution in [3.8, 4) is 5.75 Å². The molecule has 128 valence electrons. The minimum absolute atomic E-state index is 0.509. The maximum absolute atomic E-state index is 12.0. The zero-order chi connectivity index (χ0) is 17.6. The molecule has 7 heteroatoms. The Morgan fingerprint density at radius 2 is 1.70 bits per heavy atom. The van der Waals surface area contributed by atoms with E-state index < -0.39 is 29.8 Å². The standard InChI is InChI=1S/C16H23NO6/c1-16(2,3)23-15(20)17-12(13(18)14(19)22-5)10-6-8-11(21-4)9-7-10/h6-9,12-13,18H,1-5H3,(H,17,20)/t12-,13-/m1/s1. The number of carbonyl (C=O) groups is 2. The molecule has 0 saturated heterocycles. The third-order valence-corrected chi connectivity index (χ3v) is 2.91. The molecule has 0 spiro atoms. The van der Waals surface area contributed by atoms with Gasteiger partial charge in [0.05, 0.1) is 20.3 Å². The van der Waals surface area contributed by atoms with Gasteiger partial charge in [0, 0.05) is 0 Å². The average Bonchev–Trinajstić information content (AvgIpc) is 2.49. The second kappa shape index (κ2) is 7.82. The highest BCUT2D eigenvalue weighted by Gasteiger charge is 2.31. The maximum Gasteiger partial charge on any atom is 0.408 e. The first kappa shape index (κ1) is 18.8. The van der Waals surface area contributed by atoms with Crippen molar-refractivity contribution in [2.45, 2.75) is 38.5 Å². The van der Waals surface area contributed by atoms with Crippen molar-refractivity contribution < 1.29 is 28.9 Å². The summed E-state index contributed by atoms with van der Waals surface area (Å²) >= 11 is 0. The van der Waals surface area contributed by atoms with Crippen LogP contribution in [0.3, 0.4) is 0 Å². The minimum atomic E-state index is -1.57. The van der Waals surface area contributed by atoms with Crippen LogP contribution in [0.4, 0.5) is 4.79 Å². The predicted octanol–water partition coefficient (Wildman–Crippen LogP) is 1.79. The lowest BCUT2D eigenvalue weighted by atomic mass is 10.0. The summed E-state index contributed by atoms with van der Waals surface area (Å²) in [7, 11) is 2.68. The topological polar surface area (TPSA) is 94.1 Å². The monoisotopic (exact) mass is 325 g/mol. The molecular formula is C16H23NO6. The van der Waals surface area contributed by atoms with Gasteiger partial charge in [-0.3, -0.25) is 0 Å². The number of amides is 1. The first-order valence-corrected chi connectivity index (χ1v) is 7.07. The summed E-state index contributed by atoms with van der Waals surface area (Å²) in [6, 6.07) is 5.56. The van der Waals surface area contributed by atoms with Gasteiger partial charge in [-0.1, -0.05) is 12.1 Å². The number of alkyl carbamates (subject to hydrolysis) is 1. The summed E-state index contributed by atoms with van der Waals surface area (Å²) in [6.07, 6.45) is -2.32. The van der Waals surface area contributed by atoms with Crippen molar-refractivity contribution in [2.75, 3.05) is 14.2 Å². The van der Waals surface area contributed by atoms with Crippen LogP contribution in [-0.4, -0.2) is 43.1 Å². The molecule has 2 atom stereocenters. The number of hydrogen-bond acceptors (Lipinski definition) is 6. The zero-order valence-electron chi connectivity index (χ0n) is 14.0. The number of rotatable bonds is 5. The van der Waals surface area contributed by atoms with Crippen molar-refractivity contribution in [3.63, 3.8) is 0 Å². The fourth-order valence-electron chi connectivity index (χ4n) is 1.85. The SMILES string of the molecule is COC(=O)[C@H](O)[C@H](NC(=O)OC(C)(C)C)c1ccc(OC)cc1. The molecule has 0 unspecified atom stereocenters. The normalized spacial score (nSPS) is 13.7. The lowest BCUT2D eigenvalue weighted by Crippen LogP contribution is -2.43. The number of ether oxygens (including phenoxy) is 3. The Hall–Kier alpha value is -2.28. The number of carbonyl (C=O) groups excluding carboxylic acids is 2. The smallest absolute Gasteiger partial charge is 0.408 e. The van der Waals surface area contributed by atoms with Crippen molar-refractivity contribution in [1.82, 2.24) is 5.32 Å². The van der Waals surface area contributed by atoms with Crippen LogP contribution in [0.25, 0.3) is 0 Å². The van der Waals surface area contributed by atoms with Crippen LogP contribution in [-0.2, 0) is 14.3 Å². The molecule has 2 N–H and O–H groups in total. The Balaban J connectivity index is 3.01. The Kier molecular flexibility index (Phi) is 6.38. The molecule has 1 rings (SSSR count). The Morgan fingerprint density at radius 3 is 2.13 bits per heavy atom. The van der Waals surface area contributed by atoms with E-state index in [1.165, 1.54) is 7.11 Å². The molecule has 7 nitrogen and oxygen atoms in total. The average molecular weight is 325 g/mol. The van der Waals surface area contributed by atoms with Gasteiger partial charge in [-0.15, -0.1) is 0 Å². The molecule has 0 heterocycles. The second-order valence-corrected chi connectivity index (χ2v) is 5.87. The molecule has 0 fully saturated rings. The highest BCUT2D eigenvalue weighted by Crippen LogP contribution is 2.22. The fourth-order valence-corrected chi connectivity index (χ4v) is 1.85. The number of aliphatic hydroxyl groups excluding tert-OH is 1. The molecule has 0 aliphatic carbocycles. The number of methoxy groups -OCH3 is 2. The van der Waals surface area contributed by atoms with Crippen LogP contribution < -0.4 is 10.1 Å². The lowest BCUT2D eigenvalue weighted by Gasteiger charge is -2.26. The molecule has 0 saturated carbocycles. The van der Waals surface area contributed by atoms with E-state index in [0.717, 1.165) is 7.11 Å². The van der Waals surface area contributed by atoms with Crippen LogP contribution >= 0.6 is 0 Å². The number of nitrogens with one attached hydrogen (secondary N) is 1. The van der Waals surface area contributed by atoms with Gasteiger partial charge >= 0.3 is 12.1 Å². The summed E-state index contributed by atoms with van der Waals surface area (Å²) < 4.78 is 14.8. The lowest BCUT2D eigenvalue weighted by molar-refractivity contribution is -0.152.